The third-order valence-electron chi connectivity index (χ3n) is 1.22. The first-order valence-corrected chi connectivity index (χ1v) is 3.78. The van der Waals surface area contributed by atoms with E-state index in [0.717, 1.165) is 0 Å². The highest BCUT2D eigenvalue weighted by Crippen LogP contribution is 2.14. The maximum atomic E-state index is 9.82. The fraction of sp³-hybridized carbons (Fsp3) is 0. The number of nitrogens with zero attached hydrogens (tertiary/aromatic N) is 2. The van der Waals surface area contributed by atoms with Crippen LogP contribution < -0.4 is 11.2 Å². The van der Waals surface area contributed by atoms with E-state index in [9.17, 15) is 4.91 Å². The quantitative estimate of drug-likeness (QED) is 0.329. The van der Waals surface area contributed by atoms with E-state index >= 15 is 0 Å². The highest BCUT2D eigenvalue weighted by atomic mass is 35.5. The van der Waals surface area contributed by atoms with E-state index in [4.69, 9.17) is 17.3 Å². The minimum absolute atomic E-state index is 0.361. The number of hydrogen-bond donors (Lipinski definition) is 2. The van der Waals surface area contributed by atoms with Crippen LogP contribution in [0.3, 0.4) is 0 Å². The Labute approximate surface area is 79.5 Å². The number of halogens is 1. The highest BCUT2D eigenvalue weighted by molar-refractivity contribution is 6.30. The standard InChI is InChI=1S/C7H7ClN4O/c8-5-2-1-3-6(4-5)10-11-7(9)12-13/h1-4,10H,(H2,9,11). The van der Waals surface area contributed by atoms with E-state index in [2.05, 4.69) is 15.7 Å². The molecule has 1 aromatic carbocycles. The molecule has 0 unspecified atom stereocenters. The van der Waals surface area contributed by atoms with Crippen LogP contribution in [0.15, 0.2) is 34.5 Å². The van der Waals surface area contributed by atoms with Crippen molar-refractivity contribution < 1.29 is 0 Å². The zero-order valence-electron chi connectivity index (χ0n) is 6.57. The molecule has 68 valence electrons. The number of hydrazone groups is 1. The molecule has 0 saturated carbocycles. The largest absolute Gasteiger partial charge is 0.364 e. The van der Waals surface area contributed by atoms with Crippen molar-refractivity contribution >= 4 is 23.2 Å². The van der Waals surface area contributed by atoms with Gasteiger partial charge in [-0.15, -0.1) is 10.0 Å². The molecule has 6 heteroatoms. The van der Waals surface area contributed by atoms with Gasteiger partial charge in [0.2, 0.25) is 0 Å². The first-order valence-electron chi connectivity index (χ1n) is 3.40. The van der Waals surface area contributed by atoms with Gasteiger partial charge in [-0.1, -0.05) is 17.7 Å². The lowest BCUT2D eigenvalue weighted by atomic mass is 10.3. The first kappa shape index (κ1) is 9.47. The second-order valence-electron chi connectivity index (χ2n) is 2.18. The van der Waals surface area contributed by atoms with Gasteiger partial charge in [-0.05, 0) is 18.2 Å². The number of nitroso groups, excluding NO2 is 1. The van der Waals surface area contributed by atoms with Crippen molar-refractivity contribution in [1.82, 2.24) is 0 Å². The number of guanidine groups is 1. The zero-order valence-corrected chi connectivity index (χ0v) is 7.32. The molecule has 0 bridgehead atoms. The van der Waals surface area contributed by atoms with Crippen molar-refractivity contribution in [3.8, 4) is 0 Å². The van der Waals surface area contributed by atoms with E-state index in [0.29, 0.717) is 10.7 Å². The summed E-state index contributed by atoms with van der Waals surface area (Å²) in [5, 5.41) is 6.44. The number of hydrogen-bond acceptors (Lipinski definition) is 3. The van der Waals surface area contributed by atoms with Crippen molar-refractivity contribution in [2.75, 3.05) is 5.43 Å². The summed E-state index contributed by atoms with van der Waals surface area (Å²) in [4.78, 5) is 9.82. The Morgan fingerprint density at radius 2 is 2.31 bits per heavy atom. The van der Waals surface area contributed by atoms with Gasteiger partial charge in [0.05, 0.1) is 5.69 Å². The molecule has 0 amide bonds. The van der Waals surface area contributed by atoms with Crippen LogP contribution in [0.25, 0.3) is 0 Å². The van der Waals surface area contributed by atoms with Crippen molar-refractivity contribution in [2.45, 2.75) is 0 Å². The van der Waals surface area contributed by atoms with Crippen LogP contribution in [0.2, 0.25) is 5.02 Å². The van der Waals surface area contributed by atoms with Crippen molar-refractivity contribution in [1.29, 1.82) is 0 Å². The third kappa shape index (κ3) is 3.08. The number of nitrogens with two attached hydrogens (primary N) is 1. The van der Waals surface area contributed by atoms with Gasteiger partial charge in [0, 0.05) is 10.2 Å². The monoisotopic (exact) mass is 198 g/mol. The van der Waals surface area contributed by atoms with Crippen LogP contribution in [0, 0.1) is 4.91 Å². The average Bonchev–Trinajstić information content (AvgIpc) is 2.14. The Bertz CT molecular complexity index is 339. The molecule has 0 aliphatic carbocycles. The summed E-state index contributed by atoms with van der Waals surface area (Å²) in [7, 11) is 0. The molecule has 0 atom stereocenters. The van der Waals surface area contributed by atoms with Gasteiger partial charge in [0.15, 0.2) is 0 Å². The van der Waals surface area contributed by atoms with Crippen LogP contribution in [-0.4, -0.2) is 5.96 Å². The Balaban J connectivity index is 2.70. The summed E-state index contributed by atoms with van der Waals surface area (Å²) in [5.41, 5.74) is 8.19. The number of rotatable bonds is 2. The molecule has 0 heterocycles. The number of nitrogens with one attached hydrogen (secondary N) is 1. The molecular formula is C7H7ClN4O. The maximum absolute atomic E-state index is 9.82. The van der Waals surface area contributed by atoms with Gasteiger partial charge < -0.3 is 5.73 Å². The predicted molar refractivity (Wildman–Crippen MR) is 52.5 cm³/mol. The molecule has 1 rings (SSSR count). The molecule has 0 radical (unpaired) electrons. The van der Waals surface area contributed by atoms with Crippen molar-refractivity contribution in [3.63, 3.8) is 0 Å². The zero-order chi connectivity index (χ0) is 9.68. The van der Waals surface area contributed by atoms with Gasteiger partial charge in [0.1, 0.15) is 0 Å². The SMILES string of the molecule is N/C(N=O)=N\Nc1cccc(Cl)c1. The fourth-order valence-electron chi connectivity index (χ4n) is 0.700. The van der Waals surface area contributed by atoms with Crippen molar-refractivity contribution in [3.05, 3.63) is 34.2 Å². The Morgan fingerprint density at radius 1 is 1.54 bits per heavy atom. The first-order chi connectivity index (χ1) is 6.22. The van der Waals surface area contributed by atoms with Crippen LogP contribution in [0.4, 0.5) is 5.69 Å². The molecule has 3 N–H and O–H groups in total. The van der Waals surface area contributed by atoms with Crippen LogP contribution in [-0.2, 0) is 0 Å². The summed E-state index contributed by atoms with van der Waals surface area (Å²) in [6, 6.07) is 6.83. The van der Waals surface area contributed by atoms with E-state index < -0.39 is 0 Å². The summed E-state index contributed by atoms with van der Waals surface area (Å²) < 4.78 is 0. The molecule has 0 aliphatic heterocycles. The van der Waals surface area contributed by atoms with Gasteiger partial charge in [-0.25, -0.2) is 0 Å². The molecular weight excluding hydrogens is 192 g/mol. The minimum Gasteiger partial charge on any atom is -0.364 e. The molecule has 0 aliphatic rings. The van der Waals surface area contributed by atoms with Gasteiger partial charge in [0.25, 0.3) is 5.96 Å². The lowest BCUT2D eigenvalue weighted by molar-refractivity contribution is 1.28. The second-order valence-corrected chi connectivity index (χ2v) is 2.62. The highest BCUT2D eigenvalue weighted by Gasteiger charge is 1.92. The van der Waals surface area contributed by atoms with Gasteiger partial charge in [-0.3, -0.25) is 5.43 Å². The lowest BCUT2D eigenvalue weighted by Gasteiger charge is -1.99. The molecule has 0 saturated heterocycles. The molecule has 5 nitrogen and oxygen atoms in total. The molecule has 13 heavy (non-hydrogen) atoms. The molecule has 0 aromatic heterocycles. The second kappa shape index (κ2) is 4.42. The molecule has 1 aromatic rings. The number of anilines is 1. The Hall–Kier alpha value is -1.62. The number of benzene rings is 1. The van der Waals surface area contributed by atoms with Crippen LogP contribution in [0.5, 0.6) is 0 Å². The Morgan fingerprint density at radius 3 is 2.92 bits per heavy atom. The smallest absolute Gasteiger partial charge is 0.279 e. The van der Waals surface area contributed by atoms with E-state index in [1.807, 2.05) is 0 Å². The average molecular weight is 199 g/mol. The molecule has 0 fully saturated rings. The minimum atomic E-state index is -0.361. The molecule has 0 spiro atoms. The van der Waals surface area contributed by atoms with Crippen LogP contribution in [0.1, 0.15) is 0 Å². The summed E-state index contributed by atoms with van der Waals surface area (Å²) in [6.45, 7) is 0. The topological polar surface area (TPSA) is 79.8 Å². The summed E-state index contributed by atoms with van der Waals surface area (Å²) >= 11 is 5.69. The van der Waals surface area contributed by atoms with E-state index in [-0.39, 0.29) is 5.96 Å². The van der Waals surface area contributed by atoms with E-state index in [1.54, 1.807) is 24.3 Å². The normalized spacial score (nSPS) is 11.0. The Kier molecular flexibility index (Phi) is 3.22. The predicted octanol–water partition coefficient (Wildman–Crippen LogP) is 1.75. The maximum Gasteiger partial charge on any atom is 0.279 e. The third-order valence-corrected chi connectivity index (χ3v) is 1.45. The van der Waals surface area contributed by atoms with Gasteiger partial charge in [-0.2, -0.15) is 0 Å². The fourth-order valence-corrected chi connectivity index (χ4v) is 0.891. The lowest BCUT2D eigenvalue weighted by Crippen LogP contribution is -2.09. The van der Waals surface area contributed by atoms with Crippen LogP contribution >= 0.6 is 11.6 Å². The summed E-state index contributed by atoms with van der Waals surface area (Å²) in [6.07, 6.45) is 0. The van der Waals surface area contributed by atoms with Gasteiger partial charge >= 0.3 is 0 Å². The van der Waals surface area contributed by atoms with Crippen molar-refractivity contribution in [2.24, 2.45) is 16.0 Å². The van der Waals surface area contributed by atoms with E-state index in [1.165, 1.54) is 0 Å². The summed E-state index contributed by atoms with van der Waals surface area (Å²) in [5.74, 6) is -0.361.